The lowest BCUT2D eigenvalue weighted by Crippen LogP contribution is -2.52. The molecule has 2 saturated heterocycles. The molecule has 0 atom stereocenters. The van der Waals surface area contributed by atoms with E-state index >= 15 is 0 Å². The molecular weight excluding hydrogens is 754 g/mol. The number of carbonyl (C=O) groups excluding carboxylic acids is 3. The lowest BCUT2D eigenvalue weighted by Gasteiger charge is -2.37. The van der Waals surface area contributed by atoms with Gasteiger partial charge in [0.05, 0.1) is 34.2 Å². The van der Waals surface area contributed by atoms with E-state index in [0.717, 1.165) is 43.0 Å². The molecule has 54 heavy (non-hydrogen) atoms. The number of aliphatic carboxylic acids is 1. The van der Waals surface area contributed by atoms with Crippen molar-refractivity contribution >= 4 is 41.0 Å². The number of hydrogen-bond acceptors (Lipinski definition) is 9. The summed E-state index contributed by atoms with van der Waals surface area (Å²) in [5.41, 5.74) is -1.000. The molecule has 3 N–H and O–H groups in total. The molecule has 0 spiro atoms. The van der Waals surface area contributed by atoms with Crippen molar-refractivity contribution in [1.82, 2.24) is 44.4 Å². The van der Waals surface area contributed by atoms with Gasteiger partial charge in [0, 0.05) is 63.4 Å². The molecule has 5 heterocycles. The van der Waals surface area contributed by atoms with Gasteiger partial charge in [0.2, 0.25) is 5.91 Å². The number of halogens is 7. The van der Waals surface area contributed by atoms with Gasteiger partial charge in [0.25, 0.3) is 11.8 Å². The minimum Gasteiger partial charge on any atom is -0.475 e. The molecule has 0 bridgehead atoms. The summed E-state index contributed by atoms with van der Waals surface area (Å²) in [7, 11) is 1.41. The van der Waals surface area contributed by atoms with Crippen LogP contribution < -0.4 is 10.6 Å². The van der Waals surface area contributed by atoms with Crippen molar-refractivity contribution in [3.63, 3.8) is 0 Å². The SMILES string of the molecule is Cn1c(-c2cn(-c3cnccn3)nc2C(F)(F)F)cnc1C(=O)Nc1ccc(C(=O)N2CCN(C(=O)C3CCNCC3)CC2)c(Cl)c1.O=C(O)C(F)(F)F. The first kappa shape index (κ1) is 39.6. The second-order valence-electron chi connectivity index (χ2n) is 12.0. The number of piperazine rings is 1. The van der Waals surface area contributed by atoms with Gasteiger partial charge in [-0.2, -0.15) is 31.4 Å². The van der Waals surface area contributed by atoms with Crippen LogP contribution >= 0.6 is 11.6 Å². The molecule has 3 aromatic heterocycles. The van der Waals surface area contributed by atoms with Gasteiger partial charge in [-0.1, -0.05) is 11.6 Å². The Morgan fingerprint density at radius 2 is 1.59 bits per heavy atom. The molecule has 6 rings (SSSR count). The Bertz CT molecular complexity index is 2010. The summed E-state index contributed by atoms with van der Waals surface area (Å²) < 4.78 is 75.7. The number of benzene rings is 1. The van der Waals surface area contributed by atoms with E-state index in [1.807, 2.05) is 4.90 Å². The van der Waals surface area contributed by atoms with Crippen molar-refractivity contribution in [3.8, 4) is 17.1 Å². The molecule has 288 valence electrons. The number of nitrogens with one attached hydrogen (secondary N) is 2. The van der Waals surface area contributed by atoms with Crippen LogP contribution in [-0.2, 0) is 22.8 Å². The third-order valence-electron chi connectivity index (χ3n) is 8.50. The maximum atomic E-state index is 13.9. The Morgan fingerprint density at radius 3 is 2.17 bits per heavy atom. The second kappa shape index (κ2) is 16.2. The number of rotatable bonds is 6. The fourth-order valence-electron chi connectivity index (χ4n) is 5.75. The molecule has 2 fully saturated rings. The van der Waals surface area contributed by atoms with Crippen molar-refractivity contribution in [2.45, 2.75) is 25.2 Å². The number of carboxylic acids is 1. The van der Waals surface area contributed by atoms with Crippen molar-refractivity contribution < 1.29 is 50.6 Å². The molecule has 2 aliphatic heterocycles. The first-order valence-corrected chi connectivity index (χ1v) is 16.5. The fraction of sp³-hybridized carbons (Fsp3) is 0.375. The summed E-state index contributed by atoms with van der Waals surface area (Å²) in [4.78, 5) is 63.6. The number of carbonyl (C=O) groups is 4. The standard InChI is InChI=1S/C30H30ClF3N10O3.C2HF3O2/c1-41-23(21-17-44(24-16-36-8-9-37-24)40-25(21)30(32,33)34)15-38-26(41)27(45)39-19-2-3-20(22(31)14-19)29(47)43-12-10-42(11-13-43)28(46)18-4-6-35-7-5-18;3-2(4,5)1(6)7/h2-3,8-9,14-18,35H,4-7,10-13H2,1H3,(H,39,45);(H,6,7). The van der Waals surface area contributed by atoms with Crippen LogP contribution in [0.1, 0.15) is 39.5 Å². The molecule has 2 aliphatic rings. The normalized spacial score (nSPS) is 15.3. The largest absolute Gasteiger partial charge is 0.490 e. The maximum Gasteiger partial charge on any atom is 0.490 e. The third-order valence-corrected chi connectivity index (χ3v) is 8.81. The highest BCUT2D eigenvalue weighted by atomic mass is 35.5. The monoisotopic (exact) mass is 784 g/mol. The van der Waals surface area contributed by atoms with Gasteiger partial charge in [-0.25, -0.2) is 19.4 Å². The average Bonchev–Trinajstić information content (AvgIpc) is 3.76. The van der Waals surface area contributed by atoms with E-state index in [-0.39, 0.29) is 56.9 Å². The van der Waals surface area contributed by atoms with Crippen LogP contribution in [-0.4, -0.2) is 113 Å². The van der Waals surface area contributed by atoms with Crippen LogP contribution in [0, 0.1) is 5.92 Å². The lowest BCUT2D eigenvalue weighted by atomic mass is 9.96. The first-order valence-electron chi connectivity index (χ1n) is 16.1. The molecule has 4 aromatic rings. The highest BCUT2D eigenvalue weighted by Gasteiger charge is 2.39. The number of anilines is 1. The van der Waals surface area contributed by atoms with E-state index in [1.54, 1.807) is 4.90 Å². The fourth-order valence-corrected chi connectivity index (χ4v) is 6.01. The van der Waals surface area contributed by atoms with Crippen LogP contribution in [0.4, 0.5) is 32.0 Å². The Kier molecular flexibility index (Phi) is 11.9. The van der Waals surface area contributed by atoms with Crippen molar-refractivity contribution in [2.75, 3.05) is 44.6 Å². The Labute approximate surface area is 306 Å². The highest BCUT2D eigenvalue weighted by molar-refractivity contribution is 6.34. The number of carboxylic acid groups (broad SMARTS) is 1. The zero-order chi connectivity index (χ0) is 39.4. The number of imidazole rings is 1. The predicted octanol–water partition coefficient (Wildman–Crippen LogP) is 3.90. The number of hydrogen-bond donors (Lipinski definition) is 3. The minimum absolute atomic E-state index is 0.00543. The van der Waals surface area contributed by atoms with Crippen LogP contribution in [0.2, 0.25) is 5.02 Å². The Morgan fingerprint density at radius 1 is 0.944 bits per heavy atom. The van der Waals surface area contributed by atoms with E-state index in [0.29, 0.717) is 26.2 Å². The smallest absolute Gasteiger partial charge is 0.475 e. The lowest BCUT2D eigenvalue weighted by molar-refractivity contribution is -0.192. The summed E-state index contributed by atoms with van der Waals surface area (Å²) in [5, 5.41) is 16.8. The van der Waals surface area contributed by atoms with Gasteiger partial charge in [-0.05, 0) is 44.1 Å². The van der Waals surface area contributed by atoms with Crippen LogP contribution in [0.5, 0.6) is 0 Å². The number of aromatic nitrogens is 6. The maximum absolute atomic E-state index is 13.9. The molecule has 3 amide bonds. The Balaban J connectivity index is 0.000000730. The highest BCUT2D eigenvalue weighted by Crippen LogP contribution is 2.37. The summed E-state index contributed by atoms with van der Waals surface area (Å²) >= 11 is 6.47. The first-order chi connectivity index (χ1) is 25.5. The quantitative estimate of drug-likeness (QED) is 0.243. The number of nitrogens with zero attached hydrogens (tertiary/aromatic N) is 8. The molecule has 0 unspecified atom stereocenters. The summed E-state index contributed by atoms with van der Waals surface area (Å²) in [6.45, 7) is 3.29. The molecule has 0 saturated carbocycles. The van der Waals surface area contributed by atoms with Crippen molar-refractivity contribution in [1.29, 1.82) is 0 Å². The molecule has 0 aliphatic carbocycles. The zero-order valence-electron chi connectivity index (χ0n) is 28.2. The number of amides is 3. The van der Waals surface area contributed by atoms with Crippen LogP contribution in [0.3, 0.4) is 0 Å². The Hall–Kier alpha value is -5.57. The van der Waals surface area contributed by atoms with Crippen molar-refractivity contribution in [3.05, 3.63) is 71.3 Å². The zero-order valence-corrected chi connectivity index (χ0v) is 28.9. The minimum atomic E-state index is -5.08. The van der Waals surface area contributed by atoms with Gasteiger partial charge in [0.15, 0.2) is 17.3 Å². The van der Waals surface area contributed by atoms with Gasteiger partial charge in [0.1, 0.15) is 0 Å². The molecule has 15 nitrogen and oxygen atoms in total. The average molecular weight is 785 g/mol. The van der Waals surface area contributed by atoms with Crippen LogP contribution in [0.25, 0.3) is 17.1 Å². The molecule has 22 heteroatoms. The van der Waals surface area contributed by atoms with E-state index < -0.39 is 29.9 Å². The second-order valence-corrected chi connectivity index (χ2v) is 12.4. The number of piperidine rings is 1. The van der Waals surface area contributed by atoms with Crippen LogP contribution in [0.15, 0.2) is 49.2 Å². The van der Waals surface area contributed by atoms with Gasteiger partial charge in [-0.3, -0.25) is 19.4 Å². The molecule has 1 aromatic carbocycles. The summed E-state index contributed by atoms with van der Waals surface area (Å²) in [5.74, 6) is -3.71. The van der Waals surface area contributed by atoms with E-state index in [1.165, 1.54) is 48.4 Å². The predicted molar refractivity (Wildman–Crippen MR) is 178 cm³/mol. The van der Waals surface area contributed by atoms with Crippen molar-refractivity contribution in [2.24, 2.45) is 13.0 Å². The molecular formula is C32H31ClF6N10O5. The topological polar surface area (TPSA) is 180 Å². The van der Waals surface area contributed by atoms with E-state index in [4.69, 9.17) is 21.5 Å². The van der Waals surface area contributed by atoms with Gasteiger partial charge >= 0.3 is 18.3 Å². The van der Waals surface area contributed by atoms with E-state index in [2.05, 4.69) is 30.7 Å². The van der Waals surface area contributed by atoms with Gasteiger partial charge < -0.3 is 30.1 Å². The summed E-state index contributed by atoms with van der Waals surface area (Å²) in [6, 6.07) is 4.41. The third kappa shape index (κ3) is 9.13. The van der Waals surface area contributed by atoms with E-state index in [9.17, 15) is 40.7 Å². The molecule has 0 radical (unpaired) electrons. The summed E-state index contributed by atoms with van der Waals surface area (Å²) in [6.07, 6.45) is -1.99. The number of alkyl halides is 6. The van der Waals surface area contributed by atoms with Gasteiger partial charge in [-0.15, -0.1) is 0 Å².